The van der Waals surface area contributed by atoms with Crippen LogP contribution in [-0.2, 0) is 45.1 Å². The zero-order chi connectivity index (χ0) is 60.5. The highest BCUT2D eigenvalue weighted by molar-refractivity contribution is 5.93. The Balaban J connectivity index is 0.000000216. The number of amides is 5. The number of carbonyl (C=O) groups excluding carboxylic acids is 5. The third-order valence-electron chi connectivity index (χ3n) is 14.5. The average Bonchev–Trinajstić information content (AvgIpc) is 4.17. The molecule has 2 spiro atoms. The van der Waals surface area contributed by atoms with E-state index in [1.165, 1.54) is 16.0 Å². The molecule has 8 rings (SSSR count). The first-order valence-corrected chi connectivity index (χ1v) is 26.0. The Morgan fingerprint density at radius 1 is 0.481 bits per heavy atom. The van der Waals surface area contributed by atoms with Gasteiger partial charge in [0.1, 0.15) is 28.5 Å². The number of alkyl halides is 12. The van der Waals surface area contributed by atoms with E-state index >= 15 is 0 Å². The maximum Gasteiger partial charge on any atom is 0.434 e. The molecular weight excluding hydrogens is 1120 g/mol. The number of carboxylic acid groups (broad SMARTS) is 1. The number of carbonyl (C=O) groups is 6. The molecule has 2 aromatic heterocycles. The van der Waals surface area contributed by atoms with Crippen molar-refractivity contribution < 1.29 is 106 Å². The van der Waals surface area contributed by atoms with Gasteiger partial charge in [-0.05, 0) is 98.3 Å². The van der Waals surface area contributed by atoms with Gasteiger partial charge in [0.25, 0.3) is 18.1 Å². The van der Waals surface area contributed by atoms with Crippen molar-refractivity contribution in [3.8, 4) is 0 Å². The van der Waals surface area contributed by atoms with Crippen LogP contribution in [-0.4, -0.2) is 184 Å². The molecule has 456 valence electrons. The number of hydrogen-bond acceptors (Lipinski definition) is 12. The van der Waals surface area contributed by atoms with Gasteiger partial charge in [0.15, 0.2) is 5.69 Å². The Bertz CT molecular complexity index is 2550. The van der Waals surface area contributed by atoms with Gasteiger partial charge in [-0.1, -0.05) is 12.8 Å². The van der Waals surface area contributed by atoms with Crippen molar-refractivity contribution in [1.29, 1.82) is 0 Å². The Kier molecular flexibility index (Phi) is 18.8. The van der Waals surface area contributed by atoms with Gasteiger partial charge in [0, 0.05) is 76.8 Å². The van der Waals surface area contributed by atoms with Gasteiger partial charge in [0.2, 0.25) is 0 Å². The van der Waals surface area contributed by atoms with Crippen molar-refractivity contribution in [2.75, 3.05) is 45.8 Å². The van der Waals surface area contributed by atoms with E-state index in [1.54, 1.807) is 61.8 Å². The van der Waals surface area contributed by atoms with Crippen LogP contribution in [0.2, 0.25) is 0 Å². The largest absolute Gasteiger partial charge is 0.476 e. The summed E-state index contributed by atoms with van der Waals surface area (Å²) in [5, 5.41) is 8.88. The fourth-order valence-electron chi connectivity index (χ4n) is 10.5. The number of nitrogens with zero attached hydrogens (tertiary/aromatic N) is 9. The van der Waals surface area contributed by atoms with Crippen LogP contribution in [0.5, 0.6) is 0 Å². The quantitative estimate of drug-likeness (QED) is 0.223. The maximum atomic E-state index is 13.5. The maximum absolute atomic E-state index is 13.5. The molecule has 1 saturated carbocycles. The number of aromatic carboxylic acids is 1. The van der Waals surface area contributed by atoms with Crippen LogP contribution in [0.15, 0.2) is 12.4 Å². The van der Waals surface area contributed by atoms with E-state index in [-0.39, 0.29) is 74.8 Å². The fourth-order valence-corrected chi connectivity index (χ4v) is 10.5. The number of imidazole rings is 2. The molecule has 0 atom stereocenters. The number of piperidine rings is 2. The summed E-state index contributed by atoms with van der Waals surface area (Å²) >= 11 is 0. The van der Waals surface area contributed by atoms with Crippen molar-refractivity contribution in [2.24, 2.45) is 5.41 Å². The molecule has 32 heteroatoms. The van der Waals surface area contributed by atoms with Gasteiger partial charge < -0.3 is 47.9 Å². The van der Waals surface area contributed by atoms with E-state index in [1.807, 2.05) is 0 Å². The summed E-state index contributed by atoms with van der Waals surface area (Å²) in [6.45, 7) is 13.2. The lowest BCUT2D eigenvalue weighted by Crippen LogP contribution is -2.56. The second-order valence-electron chi connectivity index (χ2n) is 22.7. The van der Waals surface area contributed by atoms with Crippen molar-refractivity contribution in [3.05, 3.63) is 35.4 Å². The minimum atomic E-state index is -5.80. The van der Waals surface area contributed by atoms with Crippen molar-refractivity contribution >= 4 is 36.2 Å². The SMILES string of the molecule is CC(C)(C)OC(=O)N1CCn2cc(C(=O)N3CCCC34CCN(C(=O)OC(C(F)(F)F)C(F)(F)F)CC4)nc2C1.CC(C)(C)OC(=O)N1CCn2cc(C(=O)O)nc2C1.O=C(OC(C(F)(F)F)C(F)(F)F)N1CCC2(CCCC2)CC1. The number of fused-ring (bicyclic) bond motifs is 2. The molecule has 0 bridgehead atoms. The first kappa shape index (κ1) is 63.8. The summed E-state index contributed by atoms with van der Waals surface area (Å²) in [6, 6.07) is 0. The number of likely N-dealkylation sites (tertiary alicyclic amines) is 3. The van der Waals surface area contributed by atoms with E-state index in [9.17, 15) is 81.5 Å². The number of carboxylic acids is 1. The lowest BCUT2D eigenvalue weighted by atomic mass is 9.77. The monoisotopic (exact) mass is 1180 g/mol. The van der Waals surface area contributed by atoms with Crippen LogP contribution in [0.1, 0.15) is 138 Å². The Hall–Kier alpha value is -6.40. The molecule has 0 radical (unpaired) electrons. The fraction of sp³-hybridized carbons (Fsp3) is 0.755. The summed E-state index contributed by atoms with van der Waals surface area (Å²) < 4.78 is 173. The lowest BCUT2D eigenvalue weighted by Gasteiger charge is -2.44. The van der Waals surface area contributed by atoms with Gasteiger partial charge in [0.05, 0.1) is 13.1 Å². The third kappa shape index (κ3) is 16.4. The van der Waals surface area contributed by atoms with Crippen molar-refractivity contribution in [2.45, 2.75) is 186 Å². The second-order valence-corrected chi connectivity index (χ2v) is 22.7. The van der Waals surface area contributed by atoms with E-state index in [4.69, 9.17) is 14.6 Å². The zero-order valence-electron chi connectivity index (χ0n) is 45.2. The molecule has 1 aliphatic carbocycles. The third-order valence-corrected chi connectivity index (χ3v) is 14.5. The molecule has 5 amide bonds. The van der Waals surface area contributed by atoms with Gasteiger partial charge in [-0.2, -0.15) is 52.7 Å². The average molecular weight is 1180 g/mol. The highest BCUT2D eigenvalue weighted by atomic mass is 19.4. The molecule has 1 N–H and O–H groups in total. The highest BCUT2D eigenvalue weighted by Gasteiger charge is 2.62. The predicted octanol–water partition coefficient (Wildman–Crippen LogP) is 9.94. The molecule has 4 fully saturated rings. The van der Waals surface area contributed by atoms with Crippen molar-refractivity contribution in [1.82, 2.24) is 43.6 Å². The molecule has 3 saturated heterocycles. The van der Waals surface area contributed by atoms with Gasteiger partial charge in [-0.25, -0.2) is 33.9 Å². The van der Waals surface area contributed by atoms with Crippen LogP contribution in [0.3, 0.4) is 0 Å². The molecule has 7 heterocycles. The molecule has 20 nitrogen and oxygen atoms in total. The first-order chi connectivity index (χ1) is 37.2. The van der Waals surface area contributed by atoms with Gasteiger partial charge >= 0.3 is 55.0 Å². The van der Waals surface area contributed by atoms with E-state index in [0.717, 1.165) is 35.5 Å². The summed E-state index contributed by atoms with van der Waals surface area (Å²) in [5.41, 5.74) is -1.66. The summed E-state index contributed by atoms with van der Waals surface area (Å²) in [4.78, 5) is 87.3. The van der Waals surface area contributed by atoms with Crippen LogP contribution in [0.4, 0.5) is 71.9 Å². The normalized spacial score (nSPS) is 19.3. The topological polar surface area (TPSA) is 211 Å². The number of ether oxygens (including phenoxy) is 4. The Labute approximate surface area is 456 Å². The minimum absolute atomic E-state index is 0.000962. The molecule has 0 unspecified atom stereocenters. The zero-order valence-corrected chi connectivity index (χ0v) is 45.2. The standard InChI is InChI=1S/C24H31F6N5O5.C13H17F6NO2.C12H17N3O4/c1-21(2,3)40-20(38)34-12-11-33-13-15(31-16(33)14-34)17(36)35-8-4-5-22(35)6-9-32(10-7-22)19(37)39-18(23(25,26)27)24(28,29)30;14-12(15,16)9(13(17,18)19)22-10(21)20-7-5-11(6-8-20)3-1-2-4-11;1-12(2,3)19-11(18)15-5-4-14-6-8(10(16)17)13-9(14)7-15/h13,18H,4-12,14H2,1-3H3;9H,1-8H2;6H,4-5,7H2,1-3H3,(H,16,17). The molecule has 0 aromatic carbocycles. The van der Waals surface area contributed by atoms with Crippen LogP contribution < -0.4 is 0 Å². The Morgan fingerprint density at radius 3 is 1.25 bits per heavy atom. The second kappa shape index (κ2) is 23.8. The molecule has 6 aliphatic rings. The smallest absolute Gasteiger partial charge is 0.434 e. The molecular formula is C49H65F12N9O11. The first-order valence-electron chi connectivity index (χ1n) is 26.0. The molecule has 5 aliphatic heterocycles. The van der Waals surface area contributed by atoms with Crippen molar-refractivity contribution in [3.63, 3.8) is 0 Å². The van der Waals surface area contributed by atoms with Gasteiger partial charge in [-0.3, -0.25) is 14.6 Å². The number of halogens is 12. The summed E-state index contributed by atoms with van der Waals surface area (Å²) in [5.74, 6) is -0.358. The summed E-state index contributed by atoms with van der Waals surface area (Å²) in [7, 11) is 0. The lowest BCUT2D eigenvalue weighted by molar-refractivity contribution is -0.309. The van der Waals surface area contributed by atoms with E-state index < -0.39 is 84.0 Å². The van der Waals surface area contributed by atoms with Crippen LogP contribution in [0.25, 0.3) is 0 Å². The molecule has 2 aromatic rings. The van der Waals surface area contributed by atoms with Crippen LogP contribution in [0, 0.1) is 5.41 Å². The number of rotatable bonds is 4. The number of aromatic nitrogens is 4. The van der Waals surface area contributed by atoms with Gasteiger partial charge in [-0.15, -0.1) is 0 Å². The Morgan fingerprint density at radius 2 is 0.864 bits per heavy atom. The number of hydrogen-bond donors (Lipinski definition) is 1. The highest BCUT2D eigenvalue weighted by Crippen LogP contribution is 2.47. The predicted molar refractivity (Wildman–Crippen MR) is 255 cm³/mol. The minimum Gasteiger partial charge on any atom is -0.476 e. The summed E-state index contributed by atoms with van der Waals surface area (Å²) in [6.07, 6.45) is -25.4. The van der Waals surface area contributed by atoms with Crippen LogP contribution >= 0.6 is 0 Å². The van der Waals surface area contributed by atoms with E-state index in [0.29, 0.717) is 70.1 Å². The molecule has 81 heavy (non-hydrogen) atoms. The van der Waals surface area contributed by atoms with E-state index in [2.05, 4.69) is 19.4 Å².